The fourth-order valence-electron chi connectivity index (χ4n) is 10.7. The molecule has 0 saturated carbocycles. The summed E-state index contributed by atoms with van der Waals surface area (Å²) in [6.07, 6.45) is 0. The molecule has 0 atom stereocenters. The molecule has 3 nitrogen and oxygen atoms in total. The van der Waals surface area contributed by atoms with Crippen LogP contribution in [0.5, 0.6) is 0 Å². The maximum Gasteiger partial charge on any atom is 0.0782 e. The highest BCUT2D eigenvalue weighted by Crippen LogP contribution is 2.57. The zero-order valence-corrected chi connectivity index (χ0v) is 37.9. The SMILES string of the molecule is N=C(/C(=C1\NC(c2ccccc2)=C(N(c2ccc(-c3ccccc3)cc2)c2ccc3c(c2)C(c2ccccc2)(c2ccccc2)c2ccccc2-3)c2ccccc21)c1ccccc1)c1ccccc1. The van der Waals surface area contributed by atoms with Crippen LogP contribution in [0, 0.1) is 5.41 Å². The van der Waals surface area contributed by atoms with E-state index in [0.717, 1.165) is 67.4 Å². The Morgan fingerprint density at radius 3 is 1.42 bits per heavy atom. The minimum absolute atomic E-state index is 0.444. The number of fused-ring (bicyclic) bond motifs is 4. The molecule has 1 heterocycles. The van der Waals surface area contributed by atoms with Gasteiger partial charge in [0, 0.05) is 39.2 Å². The summed E-state index contributed by atoms with van der Waals surface area (Å²) in [5, 5.41) is 14.0. The van der Waals surface area contributed by atoms with Gasteiger partial charge in [0.2, 0.25) is 0 Å². The second-order valence-electron chi connectivity index (χ2n) is 17.6. The van der Waals surface area contributed by atoms with Crippen molar-refractivity contribution in [2.24, 2.45) is 0 Å². The quantitative estimate of drug-likeness (QED) is 0.134. The Morgan fingerprint density at radius 1 is 0.362 bits per heavy atom. The monoisotopic (exact) mass is 881 g/mol. The van der Waals surface area contributed by atoms with E-state index in [-0.39, 0.29) is 0 Å². The van der Waals surface area contributed by atoms with Crippen molar-refractivity contribution in [2.75, 3.05) is 4.90 Å². The Morgan fingerprint density at radius 2 is 0.812 bits per heavy atom. The lowest BCUT2D eigenvalue weighted by molar-refractivity contribution is 0.768. The molecule has 0 saturated heterocycles. The topological polar surface area (TPSA) is 39.1 Å². The number of hydrogen-bond acceptors (Lipinski definition) is 3. The van der Waals surface area contributed by atoms with Crippen LogP contribution in [0.25, 0.3) is 44.9 Å². The number of nitrogens with one attached hydrogen (secondary N) is 2. The average Bonchev–Trinajstić information content (AvgIpc) is 3.73. The van der Waals surface area contributed by atoms with E-state index in [9.17, 15) is 5.41 Å². The van der Waals surface area contributed by atoms with Gasteiger partial charge in [0.25, 0.3) is 0 Å². The summed E-state index contributed by atoms with van der Waals surface area (Å²) >= 11 is 0. The fraction of sp³-hybridized carbons (Fsp3) is 0.0152. The summed E-state index contributed by atoms with van der Waals surface area (Å²) in [5.41, 5.74) is 20.1. The van der Waals surface area contributed by atoms with Crippen molar-refractivity contribution in [1.82, 2.24) is 5.32 Å². The minimum atomic E-state index is -0.592. The zero-order chi connectivity index (χ0) is 46.2. The third-order valence-electron chi connectivity index (χ3n) is 13.8. The van der Waals surface area contributed by atoms with Crippen molar-refractivity contribution < 1.29 is 0 Å². The number of hydrogen-bond donors (Lipinski definition) is 2. The molecule has 3 heteroatoms. The van der Waals surface area contributed by atoms with Gasteiger partial charge in [-0.3, -0.25) is 5.41 Å². The summed E-state index contributed by atoms with van der Waals surface area (Å²) in [7, 11) is 0. The number of allylic oxidation sites excluding steroid dienone is 1. The molecule has 12 rings (SSSR count). The molecule has 0 spiro atoms. The first-order chi connectivity index (χ1) is 34.2. The number of nitrogens with zero attached hydrogens (tertiary/aromatic N) is 1. The third kappa shape index (κ3) is 7.11. The highest BCUT2D eigenvalue weighted by molar-refractivity contribution is 6.36. The molecule has 2 N–H and O–H groups in total. The minimum Gasteiger partial charge on any atom is -0.352 e. The van der Waals surface area contributed by atoms with Crippen molar-refractivity contribution in [2.45, 2.75) is 5.41 Å². The van der Waals surface area contributed by atoms with E-state index in [1.807, 2.05) is 36.4 Å². The van der Waals surface area contributed by atoms with Crippen molar-refractivity contribution in [1.29, 1.82) is 5.41 Å². The van der Waals surface area contributed by atoms with Crippen LogP contribution >= 0.6 is 0 Å². The molecule has 10 aromatic rings. The zero-order valence-electron chi connectivity index (χ0n) is 37.9. The lowest BCUT2D eigenvalue weighted by Crippen LogP contribution is -2.30. The molecule has 0 bridgehead atoms. The maximum absolute atomic E-state index is 9.95. The molecule has 0 fully saturated rings. The molecule has 69 heavy (non-hydrogen) atoms. The van der Waals surface area contributed by atoms with Crippen LogP contribution in [-0.2, 0) is 5.41 Å². The van der Waals surface area contributed by atoms with Gasteiger partial charge in [0.05, 0.1) is 28.2 Å². The highest BCUT2D eigenvalue weighted by Gasteiger charge is 2.46. The summed E-state index contributed by atoms with van der Waals surface area (Å²) in [5.74, 6) is 0. The summed E-state index contributed by atoms with van der Waals surface area (Å²) in [6, 6.07) is 97.4. The molecule has 0 aromatic heterocycles. The summed E-state index contributed by atoms with van der Waals surface area (Å²) < 4.78 is 0. The molecule has 0 amide bonds. The molecule has 2 aliphatic rings. The second-order valence-corrected chi connectivity index (χ2v) is 17.6. The molecular weight excluding hydrogens is 835 g/mol. The number of benzene rings is 10. The second kappa shape index (κ2) is 17.6. The molecule has 326 valence electrons. The van der Waals surface area contributed by atoms with E-state index >= 15 is 0 Å². The van der Waals surface area contributed by atoms with Crippen molar-refractivity contribution >= 4 is 39.8 Å². The van der Waals surface area contributed by atoms with Gasteiger partial charge in [0.1, 0.15) is 0 Å². The van der Waals surface area contributed by atoms with Gasteiger partial charge >= 0.3 is 0 Å². The molecule has 0 radical (unpaired) electrons. The Balaban J connectivity index is 1.16. The van der Waals surface area contributed by atoms with E-state index in [2.05, 4.69) is 247 Å². The van der Waals surface area contributed by atoms with E-state index in [4.69, 9.17) is 0 Å². The Kier molecular flexibility index (Phi) is 10.6. The van der Waals surface area contributed by atoms with Crippen LogP contribution < -0.4 is 10.2 Å². The van der Waals surface area contributed by atoms with E-state index in [1.165, 1.54) is 38.9 Å². The first-order valence-electron chi connectivity index (χ1n) is 23.6. The van der Waals surface area contributed by atoms with Gasteiger partial charge in [-0.1, -0.05) is 249 Å². The number of rotatable bonds is 10. The highest BCUT2D eigenvalue weighted by atomic mass is 15.2. The van der Waals surface area contributed by atoms with Gasteiger partial charge in [-0.25, -0.2) is 0 Å². The van der Waals surface area contributed by atoms with E-state index < -0.39 is 5.41 Å². The first kappa shape index (κ1) is 41.4. The Labute approximate surface area is 404 Å². The fourth-order valence-corrected chi connectivity index (χ4v) is 10.7. The number of anilines is 2. The standard InChI is InChI=1S/C66H47N3/c67-62(49-27-11-3-12-28-49)61(48-25-9-2-10-26-48)64-57-36-19-20-37-58(57)65(63(68-64)50-29-13-4-14-30-50)69(53-41-39-47(40-42-53)46-23-7-1-8-24-46)54-43-44-56-55-35-21-22-38-59(55)66(60(56)45-54,51-31-15-5-16-32-51)52-33-17-6-18-34-52/h1-45,67-68H/b64-61-,67-62?. The normalized spacial score (nSPS) is 13.9. The van der Waals surface area contributed by atoms with Crippen LogP contribution in [0.15, 0.2) is 273 Å². The van der Waals surface area contributed by atoms with Gasteiger partial charge in [-0.2, -0.15) is 0 Å². The van der Waals surface area contributed by atoms with Crippen LogP contribution in [0.3, 0.4) is 0 Å². The van der Waals surface area contributed by atoms with Crippen LogP contribution in [0.2, 0.25) is 0 Å². The van der Waals surface area contributed by atoms with Crippen molar-refractivity contribution in [3.63, 3.8) is 0 Å². The predicted molar refractivity (Wildman–Crippen MR) is 287 cm³/mol. The van der Waals surface area contributed by atoms with E-state index in [1.54, 1.807) is 0 Å². The first-order valence-corrected chi connectivity index (χ1v) is 23.6. The van der Waals surface area contributed by atoms with Gasteiger partial charge < -0.3 is 10.2 Å². The van der Waals surface area contributed by atoms with Gasteiger partial charge in [-0.05, 0) is 74.3 Å². The van der Waals surface area contributed by atoms with Gasteiger partial charge in [-0.15, -0.1) is 0 Å². The van der Waals surface area contributed by atoms with Gasteiger partial charge in [0.15, 0.2) is 0 Å². The maximum atomic E-state index is 9.95. The van der Waals surface area contributed by atoms with E-state index in [0.29, 0.717) is 5.71 Å². The molecular formula is C66H47N3. The largest absolute Gasteiger partial charge is 0.352 e. The van der Waals surface area contributed by atoms with Crippen LogP contribution in [0.4, 0.5) is 11.4 Å². The lowest BCUT2D eigenvalue weighted by Gasteiger charge is -2.38. The molecule has 10 aromatic carbocycles. The lowest BCUT2D eigenvalue weighted by atomic mass is 9.67. The van der Waals surface area contributed by atoms with Crippen LogP contribution in [0.1, 0.15) is 50.1 Å². The van der Waals surface area contributed by atoms with Crippen molar-refractivity contribution in [3.8, 4) is 22.3 Å². The summed E-state index contributed by atoms with van der Waals surface area (Å²) in [4.78, 5) is 2.45. The average molecular weight is 882 g/mol. The predicted octanol–water partition coefficient (Wildman–Crippen LogP) is 15.9. The molecule has 1 aliphatic carbocycles. The third-order valence-corrected chi connectivity index (χ3v) is 13.8. The summed E-state index contributed by atoms with van der Waals surface area (Å²) in [6.45, 7) is 0. The molecule has 0 unspecified atom stereocenters. The van der Waals surface area contributed by atoms with Crippen molar-refractivity contribution in [3.05, 3.63) is 323 Å². The van der Waals surface area contributed by atoms with Crippen LogP contribution in [-0.4, -0.2) is 5.71 Å². The molecule has 1 aliphatic heterocycles. The Bertz CT molecular complexity index is 3510. The Hall–Kier alpha value is -9.05. The smallest absolute Gasteiger partial charge is 0.0782 e.